The van der Waals surface area contributed by atoms with E-state index in [-0.39, 0.29) is 49.6 Å². The zero-order chi connectivity index (χ0) is 7.28. The molecule has 0 atom stereocenters. The molecule has 0 spiro atoms. The summed E-state index contributed by atoms with van der Waals surface area (Å²) < 4.78 is 0. The SMILES string of the molecule is CC(=O)CCC(=O)ON.[H-].[Na+]. The molecule has 0 aromatic carbocycles. The summed E-state index contributed by atoms with van der Waals surface area (Å²) in [5, 5.41) is 0. The van der Waals surface area contributed by atoms with Gasteiger partial charge in [0.15, 0.2) is 0 Å². The van der Waals surface area contributed by atoms with Crippen molar-refractivity contribution in [2.75, 3.05) is 0 Å². The van der Waals surface area contributed by atoms with Crippen molar-refractivity contribution in [1.29, 1.82) is 0 Å². The fraction of sp³-hybridized carbons (Fsp3) is 0.600. The van der Waals surface area contributed by atoms with Crippen LogP contribution in [0.2, 0.25) is 0 Å². The largest absolute Gasteiger partial charge is 1.00 e. The van der Waals surface area contributed by atoms with E-state index in [9.17, 15) is 9.59 Å². The molecular formula is C5H10NNaO3. The minimum absolute atomic E-state index is 0. The van der Waals surface area contributed by atoms with Gasteiger partial charge in [0.1, 0.15) is 5.78 Å². The van der Waals surface area contributed by atoms with Gasteiger partial charge in [-0.15, -0.1) is 0 Å². The van der Waals surface area contributed by atoms with Crippen molar-refractivity contribution in [2.24, 2.45) is 5.90 Å². The van der Waals surface area contributed by atoms with Gasteiger partial charge in [-0.25, -0.2) is 0 Å². The number of hydrogen-bond acceptors (Lipinski definition) is 4. The van der Waals surface area contributed by atoms with Gasteiger partial charge >= 0.3 is 35.5 Å². The first-order valence-electron chi connectivity index (χ1n) is 2.56. The molecule has 0 bridgehead atoms. The summed E-state index contributed by atoms with van der Waals surface area (Å²) in [5.74, 6) is 3.91. The number of ketones is 1. The Hall–Kier alpha value is 0.1000. The van der Waals surface area contributed by atoms with Crippen molar-refractivity contribution in [1.82, 2.24) is 0 Å². The second-order valence-corrected chi connectivity index (χ2v) is 1.69. The molecule has 0 aliphatic rings. The summed E-state index contributed by atoms with van der Waals surface area (Å²) in [6, 6.07) is 0. The van der Waals surface area contributed by atoms with Crippen molar-refractivity contribution in [3.8, 4) is 0 Å². The van der Waals surface area contributed by atoms with E-state index in [1.807, 2.05) is 0 Å². The normalized spacial score (nSPS) is 7.80. The van der Waals surface area contributed by atoms with Crippen molar-refractivity contribution < 1.29 is 45.4 Å². The Morgan fingerprint density at radius 1 is 1.50 bits per heavy atom. The first-order valence-corrected chi connectivity index (χ1v) is 2.56. The molecule has 4 nitrogen and oxygen atoms in total. The van der Waals surface area contributed by atoms with Gasteiger partial charge in [0, 0.05) is 6.42 Å². The first kappa shape index (κ1) is 12.7. The van der Waals surface area contributed by atoms with Crippen LogP contribution >= 0.6 is 0 Å². The Morgan fingerprint density at radius 3 is 2.30 bits per heavy atom. The summed E-state index contributed by atoms with van der Waals surface area (Å²) >= 11 is 0. The zero-order valence-electron chi connectivity index (χ0n) is 7.22. The molecule has 0 aliphatic carbocycles. The summed E-state index contributed by atoms with van der Waals surface area (Å²) in [6.07, 6.45) is 0.280. The van der Waals surface area contributed by atoms with Gasteiger partial charge in [-0.3, -0.25) is 4.79 Å². The van der Waals surface area contributed by atoms with E-state index in [2.05, 4.69) is 10.7 Å². The minimum atomic E-state index is -0.551. The van der Waals surface area contributed by atoms with Gasteiger partial charge in [0.2, 0.25) is 0 Å². The molecule has 2 N–H and O–H groups in total. The maximum atomic E-state index is 10.2. The van der Waals surface area contributed by atoms with Gasteiger partial charge in [-0.1, -0.05) is 0 Å². The van der Waals surface area contributed by atoms with E-state index in [1.54, 1.807) is 0 Å². The van der Waals surface area contributed by atoms with E-state index in [4.69, 9.17) is 0 Å². The van der Waals surface area contributed by atoms with Crippen LogP contribution in [0.5, 0.6) is 0 Å². The number of rotatable bonds is 3. The summed E-state index contributed by atoms with van der Waals surface area (Å²) in [7, 11) is 0. The third kappa shape index (κ3) is 8.10. The van der Waals surface area contributed by atoms with Crippen LogP contribution in [-0.4, -0.2) is 11.8 Å². The van der Waals surface area contributed by atoms with Crippen LogP contribution in [-0.2, 0) is 14.4 Å². The fourth-order valence-electron chi connectivity index (χ4n) is 0.337. The van der Waals surface area contributed by atoms with Crippen molar-refractivity contribution in [2.45, 2.75) is 19.8 Å². The number of Topliss-reactive ketones (excluding diaryl/α,β-unsaturated/α-hetero) is 1. The Kier molecular flexibility index (Phi) is 9.19. The molecule has 0 aromatic rings. The predicted octanol–water partition coefficient (Wildman–Crippen LogP) is -3.11. The molecule has 54 valence electrons. The Labute approximate surface area is 82.8 Å². The zero-order valence-corrected chi connectivity index (χ0v) is 8.22. The van der Waals surface area contributed by atoms with Gasteiger partial charge in [-0.05, 0) is 6.92 Å². The van der Waals surface area contributed by atoms with E-state index >= 15 is 0 Å². The first-order chi connectivity index (χ1) is 4.16. The second kappa shape index (κ2) is 7.21. The standard InChI is InChI=1S/C5H9NO3.Na.H/c1-4(7)2-3-5(8)9-6;;/h2-3,6H2,1H3;;/q;+1;-1. The van der Waals surface area contributed by atoms with Gasteiger partial charge in [0.25, 0.3) is 0 Å². The average Bonchev–Trinajstić information content (AvgIpc) is 1.83. The molecule has 0 radical (unpaired) electrons. The van der Waals surface area contributed by atoms with Crippen LogP contribution in [0.1, 0.15) is 21.2 Å². The Bertz CT molecular complexity index is 131. The van der Waals surface area contributed by atoms with Crippen molar-refractivity contribution in [3.05, 3.63) is 0 Å². The summed E-state index contributed by atoms with van der Waals surface area (Å²) in [4.78, 5) is 24.2. The van der Waals surface area contributed by atoms with Crippen LogP contribution in [0.4, 0.5) is 0 Å². The average molecular weight is 155 g/mol. The summed E-state index contributed by atoms with van der Waals surface area (Å²) in [5.41, 5.74) is 0. The molecule has 0 aromatic heterocycles. The van der Waals surface area contributed by atoms with E-state index in [1.165, 1.54) is 6.92 Å². The molecule has 0 aliphatic heterocycles. The van der Waals surface area contributed by atoms with Crippen LogP contribution in [0.25, 0.3) is 0 Å². The van der Waals surface area contributed by atoms with Crippen molar-refractivity contribution in [3.63, 3.8) is 0 Å². The van der Waals surface area contributed by atoms with Crippen LogP contribution in [0.3, 0.4) is 0 Å². The summed E-state index contributed by atoms with van der Waals surface area (Å²) in [6.45, 7) is 1.41. The Morgan fingerprint density at radius 2 is 2.00 bits per heavy atom. The van der Waals surface area contributed by atoms with Gasteiger partial charge < -0.3 is 11.1 Å². The molecule has 0 saturated carbocycles. The Balaban J connectivity index is -0.000000320. The molecule has 0 saturated heterocycles. The third-order valence-corrected chi connectivity index (χ3v) is 0.813. The van der Waals surface area contributed by atoms with E-state index in [0.717, 1.165) is 0 Å². The molecule has 10 heavy (non-hydrogen) atoms. The smallest absolute Gasteiger partial charge is 1.00 e. The fourth-order valence-corrected chi connectivity index (χ4v) is 0.337. The minimum Gasteiger partial charge on any atom is -1.00 e. The molecule has 0 heterocycles. The van der Waals surface area contributed by atoms with Gasteiger partial charge in [-0.2, -0.15) is 5.90 Å². The van der Waals surface area contributed by atoms with Gasteiger partial charge in [0.05, 0.1) is 6.42 Å². The van der Waals surface area contributed by atoms with E-state index in [0.29, 0.717) is 0 Å². The molecule has 5 heteroatoms. The van der Waals surface area contributed by atoms with Crippen LogP contribution < -0.4 is 35.5 Å². The van der Waals surface area contributed by atoms with Crippen LogP contribution in [0.15, 0.2) is 0 Å². The molecule has 0 rings (SSSR count). The van der Waals surface area contributed by atoms with E-state index < -0.39 is 5.97 Å². The molecule has 0 unspecified atom stereocenters. The number of carbonyl (C=O) groups is 2. The van der Waals surface area contributed by atoms with Crippen LogP contribution in [0, 0.1) is 0 Å². The number of carbonyl (C=O) groups excluding carboxylic acids is 2. The third-order valence-electron chi connectivity index (χ3n) is 0.813. The van der Waals surface area contributed by atoms with Crippen molar-refractivity contribution >= 4 is 11.8 Å². The molecule has 0 amide bonds. The maximum Gasteiger partial charge on any atom is 1.00 e. The molecular weight excluding hydrogens is 145 g/mol. The number of nitrogens with two attached hydrogens (primary N) is 1. The topological polar surface area (TPSA) is 69.4 Å². The quantitative estimate of drug-likeness (QED) is 0.346. The predicted molar refractivity (Wildman–Crippen MR) is 31.3 cm³/mol. The maximum absolute atomic E-state index is 10.2. The number of hydrogen-bond donors (Lipinski definition) is 1. The second-order valence-electron chi connectivity index (χ2n) is 1.69. The molecule has 0 fully saturated rings. The monoisotopic (exact) mass is 155 g/mol.